The van der Waals surface area contributed by atoms with Gasteiger partial charge in [-0.15, -0.1) is 0 Å². The molecule has 266 valence electrons. The molecular weight excluding hydrogens is 649 g/mol. The maximum Gasteiger partial charge on any atom is 0.264 e. The minimum atomic E-state index is -4.09. The minimum Gasteiger partial charge on any atom is -0.493 e. The van der Waals surface area contributed by atoms with Crippen molar-refractivity contribution in [2.75, 3.05) is 26.5 Å². The third-order valence-electron chi connectivity index (χ3n) is 8.43. The third-order valence-corrected chi connectivity index (χ3v) is 9.95. The lowest BCUT2D eigenvalue weighted by Gasteiger charge is -2.40. The number of aryl methyl sites for hydroxylation is 1. The van der Waals surface area contributed by atoms with E-state index in [1.807, 2.05) is 79.7 Å². The number of rotatable bonds is 15. The van der Waals surface area contributed by atoms with Crippen LogP contribution >= 0.6 is 12.6 Å². The Morgan fingerprint density at radius 1 is 1.00 bits per heavy atom. The number of thiol groups is 1. The van der Waals surface area contributed by atoms with Crippen molar-refractivity contribution in [1.29, 1.82) is 0 Å². The Kier molecular flexibility index (Phi) is 14.3. The number of carbonyl (C=O) groups excluding carboxylic acids is 3. The van der Waals surface area contributed by atoms with E-state index in [0.29, 0.717) is 18.1 Å². The summed E-state index contributed by atoms with van der Waals surface area (Å²) in [7, 11) is -0.763. The second-order valence-electron chi connectivity index (χ2n) is 14.1. The maximum atomic E-state index is 14.2. The fourth-order valence-corrected chi connectivity index (χ4v) is 6.53. The van der Waals surface area contributed by atoms with Gasteiger partial charge < -0.3 is 20.3 Å². The van der Waals surface area contributed by atoms with Gasteiger partial charge in [-0.05, 0) is 62.1 Å². The number of likely N-dealkylation sites (N-methyl/N-ethyl adjacent to an activating group) is 2. The normalized spacial score (nSPS) is 14.6. The molecule has 48 heavy (non-hydrogen) atoms. The Labute approximate surface area is 292 Å². The lowest BCUT2D eigenvalue weighted by atomic mass is 9.76. The standard InChI is InChI=1S/C36H54N4O6S2/c1-23(2)29(21-25(4)32(41)39-48(44,45)28-17-15-24(3)16-18-28)40(11)34(43)31(35(5,6)7)38-33(42)30(37-10)36(8,9)26-13-12-14-27(22-26)46-19-20-47/h12-18,21-23,29-31,37,47H,19-20H2,1-11H3,(H,38,42)(H,39,41)/b25-21+/t29-,30-,31-/m1/s1. The first kappa shape index (κ1) is 40.8. The van der Waals surface area contributed by atoms with E-state index in [2.05, 4.69) is 28.0 Å². The molecule has 0 saturated heterocycles. The highest BCUT2D eigenvalue weighted by atomic mass is 32.2. The summed E-state index contributed by atoms with van der Waals surface area (Å²) in [5.74, 6) is -0.379. The molecule has 0 aliphatic rings. The van der Waals surface area contributed by atoms with Crippen LogP contribution in [0.4, 0.5) is 0 Å². The van der Waals surface area contributed by atoms with Crippen molar-refractivity contribution in [1.82, 2.24) is 20.3 Å². The second kappa shape index (κ2) is 16.8. The van der Waals surface area contributed by atoms with E-state index in [4.69, 9.17) is 4.74 Å². The van der Waals surface area contributed by atoms with Gasteiger partial charge >= 0.3 is 0 Å². The monoisotopic (exact) mass is 702 g/mol. The molecule has 3 N–H and O–H groups in total. The highest BCUT2D eigenvalue weighted by Crippen LogP contribution is 2.31. The van der Waals surface area contributed by atoms with Gasteiger partial charge in [0, 0.05) is 23.8 Å². The smallest absolute Gasteiger partial charge is 0.264 e. The highest BCUT2D eigenvalue weighted by Gasteiger charge is 2.42. The molecule has 2 aromatic carbocycles. The van der Waals surface area contributed by atoms with Crippen LogP contribution in [0.3, 0.4) is 0 Å². The Morgan fingerprint density at radius 2 is 1.60 bits per heavy atom. The molecule has 0 heterocycles. The minimum absolute atomic E-state index is 0.0247. The van der Waals surface area contributed by atoms with Crippen LogP contribution in [0.15, 0.2) is 65.1 Å². The molecule has 0 saturated carbocycles. The van der Waals surface area contributed by atoms with Crippen molar-refractivity contribution >= 4 is 40.4 Å². The molecule has 3 amide bonds. The van der Waals surface area contributed by atoms with Gasteiger partial charge in [0.05, 0.1) is 23.6 Å². The molecule has 2 aromatic rings. The molecule has 2 rings (SSSR count). The van der Waals surface area contributed by atoms with Crippen LogP contribution in [0.25, 0.3) is 0 Å². The number of sulfonamides is 1. The highest BCUT2D eigenvalue weighted by molar-refractivity contribution is 7.90. The van der Waals surface area contributed by atoms with Crippen molar-refractivity contribution < 1.29 is 27.5 Å². The molecule has 0 unspecified atom stereocenters. The number of ether oxygens (including phenoxy) is 1. The predicted molar refractivity (Wildman–Crippen MR) is 195 cm³/mol. The van der Waals surface area contributed by atoms with Gasteiger partial charge in [0.2, 0.25) is 11.8 Å². The largest absolute Gasteiger partial charge is 0.493 e. The second-order valence-corrected chi connectivity index (χ2v) is 16.3. The SMILES string of the molecule is CN[C@H](C(=O)N[C@H](C(=O)N(C)[C@H](/C=C(\C)C(=O)NS(=O)(=O)c1ccc(C)cc1)C(C)C)C(C)(C)C)C(C)(C)c1cccc(OCCS)c1. The van der Waals surface area contributed by atoms with Gasteiger partial charge in [0.25, 0.3) is 15.9 Å². The van der Waals surface area contributed by atoms with Gasteiger partial charge in [0.15, 0.2) is 0 Å². The van der Waals surface area contributed by atoms with Gasteiger partial charge in [-0.3, -0.25) is 14.4 Å². The van der Waals surface area contributed by atoms with Crippen LogP contribution in [0.1, 0.15) is 66.5 Å². The number of hydrogen-bond acceptors (Lipinski definition) is 8. The summed E-state index contributed by atoms with van der Waals surface area (Å²) in [6.45, 7) is 17.1. The van der Waals surface area contributed by atoms with E-state index in [1.165, 1.54) is 24.0 Å². The van der Waals surface area contributed by atoms with E-state index in [9.17, 15) is 22.8 Å². The molecule has 3 atom stereocenters. The van der Waals surface area contributed by atoms with Crippen molar-refractivity contribution in [3.63, 3.8) is 0 Å². The first-order valence-electron chi connectivity index (χ1n) is 16.1. The van der Waals surface area contributed by atoms with Gasteiger partial charge in [-0.25, -0.2) is 13.1 Å². The van der Waals surface area contributed by atoms with Crippen molar-refractivity contribution in [3.8, 4) is 5.75 Å². The molecule has 0 bridgehead atoms. The van der Waals surface area contributed by atoms with Gasteiger partial charge in [-0.1, -0.05) is 84.4 Å². The number of hydrogen-bond donors (Lipinski definition) is 4. The lowest BCUT2D eigenvalue weighted by Crippen LogP contribution is -2.61. The first-order chi connectivity index (χ1) is 22.2. The lowest BCUT2D eigenvalue weighted by molar-refractivity contribution is -0.140. The summed E-state index contributed by atoms with van der Waals surface area (Å²) in [4.78, 5) is 42.7. The topological polar surface area (TPSA) is 134 Å². The average molecular weight is 703 g/mol. The summed E-state index contributed by atoms with van der Waals surface area (Å²) < 4.78 is 33.6. The molecule has 0 fully saturated rings. The predicted octanol–water partition coefficient (Wildman–Crippen LogP) is 4.63. The number of benzene rings is 2. The Morgan fingerprint density at radius 3 is 2.12 bits per heavy atom. The Bertz CT molecular complexity index is 1560. The fraction of sp³-hybridized carbons (Fsp3) is 0.528. The van der Waals surface area contributed by atoms with Crippen LogP contribution in [-0.4, -0.2) is 75.6 Å². The quantitative estimate of drug-likeness (QED) is 0.157. The number of amides is 3. The molecule has 10 nitrogen and oxygen atoms in total. The van der Waals surface area contributed by atoms with Crippen molar-refractivity contribution in [3.05, 3.63) is 71.3 Å². The van der Waals surface area contributed by atoms with Crippen molar-refractivity contribution in [2.45, 2.75) is 90.7 Å². The molecule has 0 aliphatic heterocycles. The third kappa shape index (κ3) is 10.6. The van der Waals surface area contributed by atoms with Gasteiger partial charge in [-0.2, -0.15) is 12.6 Å². The number of carbonyl (C=O) groups is 3. The first-order valence-corrected chi connectivity index (χ1v) is 18.2. The number of nitrogens with one attached hydrogen (secondary N) is 3. The molecular formula is C36H54N4O6S2. The van der Waals surface area contributed by atoms with Crippen LogP contribution in [0.2, 0.25) is 0 Å². The Hall–Kier alpha value is -3.35. The summed E-state index contributed by atoms with van der Waals surface area (Å²) in [6, 6.07) is 11.6. The zero-order valence-electron chi connectivity index (χ0n) is 30.2. The van der Waals surface area contributed by atoms with E-state index < -0.39 is 44.9 Å². The maximum absolute atomic E-state index is 14.2. The van der Waals surface area contributed by atoms with Crippen LogP contribution in [0.5, 0.6) is 5.75 Å². The van der Waals surface area contributed by atoms with E-state index in [-0.39, 0.29) is 28.2 Å². The summed E-state index contributed by atoms with van der Waals surface area (Å²) in [6.07, 6.45) is 1.59. The molecule has 0 aromatic heterocycles. The molecule has 0 spiro atoms. The van der Waals surface area contributed by atoms with E-state index in [1.54, 1.807) is 32.3 Å². The van der Waals surface area contributed by atoms with Crippen LogP contribution in [0, 0.1) is 18.3 Å². The molecule has 0 aliphatic carbocycles. The number of nitrogens with zero attached hydrogens (tertiary/aromatic N) is 1. The average Bonchev–Trinajstić information content (AvgIpc) is 3.00. The van der Waals surface area contributed by atoms with Gasteiger partial charge in [0.1, 0.15) is 11.8 Å². The summed E-state index contributed by atoms with van der Waals surface area (Å²) in [5, 5.41) is 6.17. The van der Waals surface area contributed by atoms with Crippen molar-refractivity contribution in [2.24, 2.45) is 11.3 Å². The molecule has 12 heteroatoms. The zero-order chi connectivity index (χ0) is 36.6. The summed E-state index contributed by atoms with van der Waals surface area (Å²) in [5.41, 5.74) is 0.539. The van der Waals surface area contributed by atoms with Crippen LogP contribution in [-0.2, 0) is 29.8 Å². The van der Waals surface area contributed by atoms with Crippen LogP contribution < -0.4 is 20.1 Å². The fourth-order valence-electron chi connectivity index (χ4n) is 5.42. The zero-order valence-corrected chi connectivity index (χ0v) is 31.9. The molecule has 0 radical (unpaired) electrons. The summed E-state index contributed by atoms with van der Waals surface area (Å²) >= 11 is 4.21. The van der Waals surface area contributed by atoms with E-state index in [0.717, 1.165) is 11.1 Å². The van der Waals surface area contributed by atoms with E-state index >= 15 is 0 Å². The Balaban J connectivity index is 2.34.